The van der Waals surface area contributed by atoms with Crippen LogP contribution in [0.3, 0.4) is 0 Å². The smallest absolute Gasteiger partial charge is 0.135 e. The number of nitrogens with one attached hydrogen (secondary N) is 2. The first-order valence-electron chi connectivity index (χ1n) is 5.91. The summed E-state index contributed by atoms with van der Waals surface area (Å²) in [5, 5.41) is 9.55. The molecule has 2 N–H and O–H groups in total. The monoisotopic (exact) mass is 263 g/mol. The fourth-order valence-corrected chi connectivity index (χ4v) is 2.39. The van der Waals surface area contributed by atoms with Crippen LogP contribution in [0.5, 0.6) is 0 Å². The molecule has 0 atom stereocenters. The Labute approximate surface area is 111 Å². The minimum atomic E-state index is 0.692. The Bertz CT molecular complexity index is 523. The van der Waals surface area contributed by atoms with Crippen LogP contribution in [0.25, 0.3) is 0 Å². The average Bonchev–Trinajstić information content (AvgIpc) is 2.81. The van der Waals surface area contributed by atoms with E-state index in [4.69, 9.17) is 0 Å². The number of hydrogen-bond acceptors (Lipinski definition) is 6. The van der Waals surface area contributed by atoms with Gasteiger partial charge < -0.3 is 10.6 Å². The van der Waals surface area contributed by atoms with E-state index in [1.54, 1.807) is 17.7 Å². The molecule has 0 aliphatic rings. The first-order valence-corrected chi connectivity index (χ1v) is 6.79. The van der Waals surface area contributed by atoms with Crippen LogP contribution in [0.2, 0.25) is 0 Å². The van der Waals surface area contributed by atoms with E-state index in [0.717, 1.165) is 34.3 Å². The minimum Gasteiger partial charge on any atom is -0.373 e. The van der Waals surface area contributed by atoms with Gasteiger partial charge in [0.15, 0.2) is 0 Å². The zero-order valence-electron chi connectivity index (χ0n) is 10.8. The summed E-state index contributed by atoms with van der Waals surface area (Å²) in [7, 11) is 1.87. The fourth-order valence-electron chi connectivity index (χ4n) is 1.78. The number of hydrogen-bond donors (Lipinski definition) is 2. The molecule has 96 valence electrons. The molecule has 0 aliphatic heterocycles. The zero-order valence-corrected chi connectivity index (χ0v) is 11.6. The van der Waals surface area contributed by atoms with Crippen LogP contribution in [0.1, 0.15) is 23.2 Å². The second-order valence-electron chi connectivity index (χ2n) is 3.86. The van der Waals surface area contributed by atoms with Crippen LogP contribution in [0, 0.1) is 6.92 Å². The summed E-state index contributed by atoms with van der Waals surface area (Å²) in [4.78, 5) is 12.9. The number of thiazole rings is 1. The maximum atomic E-state index is 4.42. The molecule has 5 nitrogen and oxygen atoms in total. The number of anilines is 2. The number of rotatable bonds is 5. The Balaban J connectivity index is 2.13. The van der Waals surface area contributed by atoms with Crippen molar-refractivity contribution in [1.82, 2.24) is 15.0 Å². The third kappa shape index (κ3) is 2.76. The van der Waals surface area contributed by atoms with Crippen molar-refractivity contribution < 1.29 is 0 Å². The largest absolute Gasteiger partial charge is 0.373 e. The highest BCUT2D eigenvalue weighted by Gasteiger charge is 2.08. The van der Waals surface area contributed by atoms with Crippen molar-refractivity contribution in [1.29, 1.82) is 0 Å². The molecule has 0 saturated heterocycles. The van der Waals surface area contributed by atoms with E-state index in [9.17, 15) is 0 Å². The summed E-state index contributed by atoms with van der Waals surface area (Å²) in [6.45, 7) is 4.80. The molecular formula is C12H17N5S. The summed E-state index contributed by atoms with van der Waals surface area (Å²) in [6.07, 6.45) is 2.45. The van der Waals surface area contributed by atoms with Gasteiger partial charge in [0.05, 0.1) is 17.2 Å². The van der Waals surface area contributed by atoms with E-state index in [0.29, 0.717) is 6.54 Å². The Morgan fingerprint density at radius 3 is 2.67 bits per heavy atom. The molecule has 0 aliphatic carbocycles. The van der Waals surface area contributed by atoms with Crippen LogP contribution < -0.4 is 10.6 Å². The summed E-state index contributed by atoms with van der Waals surface area (Å²) in [5.74, 6) is 1.76. The predicted molar refractivity (Wildman–Crippen MR) is 75.1 cm³/mol. The van der Waals surface area contributed by atoms with Crippen molar-refractivity contribution in [3.63, 3.8) is 0 Å². The second kappa shape index (κ2) is 5.77. The van der Waals surface area contributed by atoms with Gasteiger partial charge in [-0.05, 0) is 13.3 Å². The van der Waals surface area contributed by atoms with Crippen LogP contribution in [-0.2, 0) is 13.0 Å². The van der Waals surface area contributed by atoms with Gasteiger partial charge in [-0.2, -0.15) is 0 Å². The van der Waals surface area contributed by atoms with Gasteiger partial charge in [-0.15, -0.1) is 11.3 Å². The van der Waals surface area contributed by atoms with E-state index in [1.807, 2.05) is 14.0 Å². The molecule has 18 heavy (non-hydrogen) atoms. The molecule has 0 bridgehead atoms. The number of aryl methyl sites for hydroxylation is 1. The third-order valence-corrected chi connectivity index (χ3v) is 3.46. The molecule has 2 rings (SSSR count). The molecule has 0 saturated carbocycles. The molecule has 6 heteroatoms. The quantitative estimate of drug-likeness (QED) is 0.867. The molecule has 0 radical (unpaired) electrons. The zero-order chi connectivity index (χ0) is 13.0. The molecule has 0 aromatic carbocycles. The Hall–Kier alpha value is -1.69. The summed E-state index contributed by atoms with van der Waals surface area (Å²) in [6, 6.07) is 0. The lowest BCUT2D eigenvalue weighted by atomic mass is 10.2. The van der Waals surface area contributed by atoms with Crippen molar-refractivity contribution in [3.05, 3.63) is 28.0 Å². The highest BCUT2D eigenvalue weighted by molar-refractivity contribution is 7.09. The minimum absolute atomic E-state index is 0.692. The topological polar surface area (TPSA) is 62.7 Å². The standard InChI is InChI=1S/C12H17N5S/c1-4-10-11(13-3)15-7-16-12(10)14-5-9-6-18-8(2)17-9/h6-7H,4-5H2,1-3H3,(H2,13,14,15,16). The van der Waals surface area contributed by atoms with Crippen LogP contribution >= 0.6 is 11.3 Å². The Morgan fingerprint density at radius 1 is 1.28 bits per heavy atom. The van der Waals surface area contributed by atoms with Gasteiger partial charge in [0, 0.05) is 18.0 Å². The maximum absolute atomic E-state index is 4.42. The van der Waals surface area contributed by atoms with Crippen molar-refractivity contribution in [2.75, 3.05) is 17.7 Å². The van der Waals surface area contributed by atoms with Crippen molar-refractivity contribution in [2.24, 2.45) is 0 Å². The fraction of sp³-hybridized carbons (Fsp3) is 0.417. The van der Waals surface area contributed by atoms with Gasteiger partial charge in [0.2, 0.25) is 0 Å². The lowest BCUT2D eigenvalue weighted by Gasteiger charge is -2.11. The van der Waals surface area contributed by atoms with E-state index in [1.165, 1.54) is 0 Å². The average molecular weight is 263 g/mol. The highest BCUT2D eigenvalue weighted by atomic mass is 32.1. The van der Waals surface area contributed by atoms with Gasteiger partial charge >= 0.3 is 0 Å². The first-order chi connectivity index (χ1) is 8.74. The Kier molecular flexibility index (Phi) is 4.09. The van der Waals surface area contributed by atoms with Crippen LogP contribution in [-0.4, -0.2) is 22.0 Å². The third-order valence-electron chi connectivity index (χ3n) is 2.64. The second-order valence-corrected chi connectivity index (χ2v) is 4.93. The Morgan fingerprint density at radius 2 is 2.06 bits per heavy atom. The van der Waals surface area contributed by atoms with E-state index in [2.05, 4.69) is 37.9 Å². The van der Waals surface area contributed by atoms with Crippen molar-refractivity contribution in [3.8, 4) is 0 Å². The predicted octanol–water partition coefficient (Wildman–Crippen LogP) is 2.46. The normalized spacial score (nSPS) is 10.4. The van der Waals surface area contributed by atoms with Crippen LogP contribution in [0.4, 0.5) is 11.6 Å². The van der Waals surface area contributed by atoms with Gasteiger partial charge in [0.25, 0.3) is 0 Å². The molecule has 2 aromatic heterocycles. The van der Waals surface area contributed by atoms with E-state index in [-0.39, 0.29) is 0 Å². The summed E-state index contributed by atoms with van der Waals surface area (Å²) in [5.41, 5.74) is 2.15. The maximum Gasteiger partial charge on any atom is 0.135 e. The molecule has 0 amide bonds. The lowest BCUT2D eigenvalue weighted by molar-refractivity contribution is 0.990. The van der Waals surface area contributed by atoms with E-state index < -0.39 is 0 Å². The first kappa shape index (κ1) is 12.8. The lowest BCUT2D eigenvalue weighted by Crippen LogP contribution is -2.08. The molecule has 2 aromatic rings. The number of aromatic nitrogens is 3. The summed E-state index contributed by atoms with van der Waals surface area (Å²) < 4.78 is 0. The molecular weight excluding hydrogens is 246 g/mol. The summed E-state index contributed by atoms with van der Waals surface area (Å²) >= 11 is 1.66. The van der Waals surface area contributed by atoms with Crippen molar-refractivity contribution >= 4 is 23.0 Å². The van der Waals surface area contributed by atoms with Gasteiger partial charge in [-0.25, -0.2) is 15.0 Å². The van der Waals surface area contributed by atoms with Gasteiger partial charge in [-0.3, -0.25) is 0 Å². The molecule has 0 unspecified atom stereocenters. The van der Waals surface area contributed by atoms with Crippen LogP contribution in [0.15, 0.2) is 11.7 Å². The van der Waals surface area contributed by atoms with Crippen molar-refractivity contribution in [2.45, 2.75) is 26.8 Å². The van der Waals surface area contributed by atoms with Gasteiger partial charge in [0.1, 0.15) is 18.0 Å². The molecule has 0 spiro atoms. The molecule has 2 heterocycles. The van der Waals surface area contributed by atoms with Gasteiger partial charge in [-0.1, -0.05) is 6.92 Å². The number of nitrogens with zero attached hydrogens (tertiary/aromatic N) is 3. The SMILES string of the molecule is CCc1c(NC)ncnc1NCc1csc(C)n1. The molecule has 0 fully saturated rings. The highest BCUT2D eigenvalue weighted by Crippen LogP contribution is 2.20. The van der Waals surface area contributed by atoms with E-state index >= 15 is 0 Å².